The summed E-state index contributed by atoms with van der Waals surface area (Å²) in [6.07, 6.45) is -6.32. The normalized spacial score (nSPS) is 11.8. The summed E-state index contributed by atoms with van der Waals surface area (Å²) in [6, 6.07) is 8.90. The lowest BCUT2D eigenvalue weighted by molar-refractivity contribution is -0.249. The Bertz CT molecular complexity index is 919. The van der Waals surface area contributed by atoms with Gasteiger partial charge in [-0.15, -0.1) is 0 Å². The van der Waals surface area contributed by atoms with E-state index in [0.717, 1.165) is 6.07 Å². The Morgan fingerprint density at radius 2 is 1.87 bits per heavy atom. The van der Waals surface area contributed by atoms with Crippen LogP contribution in [0.25, 0.3) is 22.3 Å². The average Bonchev–Trinajstić information content (AvgIpc) is 2.84. The van der Waals surface area contributed by atoms with E-state index in [0.29, 0.717) is 9.95 Å². The third-order valence-electron chi connectivity index (χ3n) is 3.31. The van der Waals surface area contributed by atoms with Gasteiger partial charge in [0, 0.05) is 10.9 Å². The van der Waals surface area contributed by atoms with E-state index in [1.54, 1.807) is 0 Å². The zero-order valence-corrected chi connectivity index (χ0v) is 12.0. The lowest BCUT2D eigenvalue weighted by atomic mass is 10.0. The fourth-order valence-corrected chi connectivity index (χ4v) is 2.53. The van der Waals surface area contributed by atoms with Gasteiger partial charge in [-0.3, -0.25) is 4.57 Å². The molecule has 0 spiro atoms. The minimum atomic E-state index is -4.63. The van der Waals surface area contributed by atoms with Crippen molar-refractivity contribution in [2.24, 2.45) is 0 Å². The maximum Gasteiger partial charge on any atom is 0.417 e. The Labute approximate surface area is 132 Å². The molecule has 0 aliphatic carbocycles. The van der Waals surface area contributed by atoms with Crippen molar-refractivity contribution < 1.29 is 23.1 Å². The molecule has 0 saturated carbocycles. The first-order valence-corrected chi connectivity index (χ1v) is 6.73. The van der Waals surface area contributed by atoms with Crippen molar-refractivity contribution in [3.8, 4) is 11.3 Å². The summed E-state index contributed by atoms with van der Waals surface area (Å²) in [6.45, 7) is 0. The van der Waals surface area contributed by atoms with Crippen LogP contribution < -0.4 is 5.11 Å². The van der Waals surface area contributed by atoms with Crippen LogP contribution in [-0.2, 0) is 6.18 Å². The second kappa shape index (κ2) is 5.27. The Balaban J connectivity index is 2.38. The molecular weight excluding hydrogens is 333 g/mol. The number of aromatic nitrogens is 2. The Hall–Kier alpha value is -2.54. The summed E-state index contributed by atoms with van der Waals surface area (Å²) in [5.41, 5.74) is -1.48. The number of rotatable bonds is 1. The Morgan fingerprint density at radius 3 is 2.52 bits per heavy atom. The number of carboxylic acid groups (broad SMARTS) is 1. The van der Waals surface area contributed by atoms with E-state index in [-0.39, 0.29) is 22.1 Å². The molecule has 0 radical (unpaired) electrons. The summed E-state index contributed by atoms with van der Waals surface area (Å²) in [5, 5.41) is 11.8. The molecule has 0 atom stereocenters. The molecular formula is C15H7ClF3N2O2-. The lowest BCUT2D eigenvalue weighted by Crippen LogP contribution is -2.29. The van der Waals surface area contributed by atoms with E-state index in [9.17, 15) is 23.1 Å². The molecule has 3 rings (SSSR count). The number of fused-ring (bicyclic) bond motifs is 1. The van der Waals surface area contributed by atoms with Gasteiger partial charge in [0.2, 0.25) is 0 Å². The molecule has 0 aliphatic rings. The summed E-state index contributed by atoms with van der Waals surface area (Å²) >= 11 is 5.74. The minimum absolute atomic E-state index is 0.0220. The number of carbonyl (C=O) groups is 1. The fraction of sp³-hybridized carbons (Fsp3) is 0.0667. The summed E-state index contributed by atoms with van der Waals surface area (Å²) < 4.78 is 40.1. The topological polar surface area (TPSA) is 57.9 Å². The third kappa shape index (κ3) is 2.63. The summed E-state index contributed by atoms with van der Waals surface area (Å²) in [7, 11) is 0. The van der Waals surface area contributed by atoms with Crippen LogP contribution in [0.5, 0.6) is 0 Å². The predicted octanol–water partition coefficient (Wildman–Crippen LogP) is 3.57. The molecule has 1 aromatic carbocycles. The SMILES string of the molecule is O=C([O-])n1c(-c2ccccc2C(F)(F)F)cc2ccc(Cl)nc21. The van der Waals surface area contributed by atoms with E-state index >= 15 is 0 Å². The number of pyridine rings is 1. The zero-order chi connectivity index (χ0) is 16.8. The molecule has 0 bridgehead atoms. The monoisotopic (exact) mass is 339 g/mol. The predicted molar refractivity (Wildman–Crippen MR) is 76.0 cm³/mol. The van der Waals surface area contributed by atoms with Gasteiger partial charge >= 0.3 is 6.18 Å². The number of halogens is 4. The van der Waals surface area contributed by atoms with Crippen molar-refractivity contribution in [3.05, 3.63) is 53.2 Å². The average molecular weight is 340 g/mol. The number of nitrogens with zero attached hydrogens (tertiary/aromatic N) is 2. The van der Waals surface area contributed by atoms with Crippen LogP contribution in [-0.4, -0.2) is 15.6 Å². The first-order valence-electron chi connectivity index (χ1n) is 6.35. The van der Waals surface area contributed by atoms with E-state index < -0.39 is 17.8 Å². The van der Waals surface area contributed by atoms with Gasteiger partial charge in [-0.2, -0.15) is 13.2 Å². The third-order valence-corrected chi connectivity index (χ3v) is 3.52. The second-order valence-corrected chi connectivity index (χ2v) is 5.11. The largest absolute Gasteiger partial charge is 0.529 e. The van der Waals surface area contributed by atoms with Crippen molar-refractivity contribution in [2.75, 3.05) is 0 Å². The molecule has 0 amide bonds. The van der Waals surface area contributed by atoms with Gasteiger partial charge < -0.3 is 9.90 Å². The van der Waals surface area contributed by atoms with E-state index in [1.165, 1.54) is 36.4 Å². The molecule has 2 heterocycles. The zero-order valence-electron chi connectivity index (χ0n) is 11.3. The van der Waals surface area contributed by atoms with E-state index in [4.69, 9.17) is 11.6 Å². The number of benzene rings is 1. The van der Waals surface area contributed by atoms with Gasteiger partial charge in [0.25, 0.3) is 0 Å². The van der Waals surface area contributed by atoms with Gasteiger partial charge in [0.15, 0.2) is 0 Å². The number of hydrogen-bond donors (Lipinski definition) is 0. The van der Waals surface area contributed by atoms with Gasteiger partial charge in [-0.05, 0) is 24.3 Å². The highest BCUT2D eigenvalue weighted by Crippen LogP contribution is 2.38. The molecule has 0 fully saturated rings. The molecule has 118 valence electrons. The summed E-state index contributed by atoms with van der Waals surface area (Å²) in [5.74, 6) is 0. The van der Waals surface area contributed by atoms with Crippen LogP contribution >= 0.6 is 11.6 Å². The molecule has 8 heteroatoms. The molecule has 0 saturated heterocycles. The highest BCUT2D eigenvalue weighted by atomic mass is 35.5. The van der Waals surface area contributed by atoms with Crippen LogP contribution in [0, 0.1) is 0 Å². The molecule has 2 aromatic heterocycles. The van der Waals surface area contributed by atoms with Gasteiger partial charge in [0.1, 0.15) is 16.9 Å². The molecule has 4 nitrogen and oxygen atoms in total. The number of hydrogen-bond acceptors (Lipinski definition) is 3. The summed E-state index contributed by atoms with van der Waals surface area (Å²) in [4.78, 5) is 15.3. The maximum absolute atomic E-state index is 13.2. The molecule has 0 N–H and O–H groups in total. The molecule has 3 aromatic rings. The Kier molecular flexibility index (Phi) is 3.52. The van der Waals surface area contributed by atoms with Crippen molar-refractivity contribution in [3.63, 3.8) is 0 Å². The standard InChI is InChI=1S/C15H8ClF3N2O2/c16-12-6-5-8-7-11(21(14(22)23)13(8)20-12)9-3-1-2-4-10(9)15(17,18)19/h1-7H,(H,22,23)/p-1. The number of carbonyl (C=O) groups excluding carboxylic acids is 1. The van der Waals surface area contributed by atoms with Gasteiger partial charge in [-0.1, -0.05) is 29.8 Å². The highest BCUT2D eigenvalue weighted by molar-refractivity contribution is 6.29. The van der Waals surface area contributed by atoms with Crippen LogP contribution in [0.2, 0.25) is 5.15 Å². The van der Waals surface area contributed by atoms with Gasteiger partial charge in [-0.25, -0.2) is 4.98 Å². The quantitative estimate of drug-likeness (QED) is 0.637. The molecule has 23 heavy (non-hydrogen) atoms. The molecule has 0 aliphatic heterocycles. The van der Waals surface area contributed by atoms with Crippen LogP contribution in [0.4, 0.5) is 18.0 Å². The minimum Gasteiger partial charge on any atom is -0.529 e. The van der Waals surface area contributed by atoms with Crippen molar-refractivity contribution in [1.29, 1.82) is 0 Å². The maximum atomic E-state index is 13.2. The smallest absolute Gasteiger partial charge is 0.417 e. The number of alkyl halides is 3. The van der Waals surface area contributed by atoms with Crippen LogP contribution in [0.3, 0.4) is 0 Å². The Morgan fingerprint density at radius 1 is 1.17 bits per heavy atom. The van der Waals surface area contributed by atoms with Crippen LogP contribution in [0.15, 0.2) is 42.5 Å². The fourth-order valence-electron chi connectivity index (χ4n) is 2.39. The first-order chi connectivity index (χ1) is 10.8. The van der Waals surface area contributed by atoms with Crippen molar-refractivity contribution >= 4 is 28.7 Å². The highest BCUT2D eigenvalue weighted by Gasteiger charge is 2.34. The van der Waals surface area contributed by atoms with Crippen LogP contribution in [0.1, 0.15) is 5.56 Å². The van der Waals surface area contributed by atoms with E-state index in [2.05, 4.69) is 4.98 Å². The second-order valence-electron chi connectivity index (χ2n) is 4.72. The van der Waals surface area contributed by atoms with E-state index in [1.807, 2.05) is 0 Å². The first kappa shape index (κ1) is 15.4. The lowest BCUT2D eigenvalue weighted by Gasteiger charge is -2.15. The van der Waals surface area contributed by atoms with Crippen molar-refractivity contribution in [1.82, 2.24) is 9.55 Å². The molecule has 0 unspecified atom stereocenters. The van der Waals surface area contributed by atoms with Crippen molar-refractivity contribution in [2.45, 2.75) is 6.18 Å². The van der Waals surface area contributed by atoms with Gasteiger partial charge in [0.05, 0.1) is 11.3 Å².